The summed E-state index contributed by atoms with van der Waals surface area (Å²) in [6, 6.07) is 12.4. The van der Waals surface area contributed by atoms with E-state index in [0.29, 0.717) is 0 Å². The molecule has 0 spiro atoms. The van der Waals surface area contributed by atoms with Crippen LogP contribution in [0.2, 0.25) is 0 Å². The number of ether oxygens (including phenoxy) is 1. The van der Waals surface area contributed by atoms with Gasteiger partial charge in [-0.3, -0.25) is 4.79 Å². The minimum Gasteiger partial charge on any atom is -0.378 e. The van der Waals surface area contributed by atoms with Gasteiger partial charge >= 0.3 is 0 Å². The minimum absolute atomic E-state index is 0.0264. The van der Waals surface area contributed by atoms with Gasteiger partial charge in [0.05, 0.1) is 18.5 Å². The Hall–Kier alpha value is -1.98. The number of nitrogens with zero attached hydrogens (tertiary/aromatic N) is 1. The average Bonchev–Trinajstić information content (AvgIpc) is 2.65. The number of nitrogens with one attached hydrogen (secondary N) is 1. The molecule has 3 rings (SSSR count). The molecule has 0 bridgehead atoms. The van der Waals surface area contributed by atoms with E-state index in [1.165, 1.54) is 27.3 Å². The molecular weight excluding hydrogens is 356 g/mol. The molecule has 1 heterocycles. The van der Waals surface area contributed by atoms with Crippen molar-refractivity contribution in [1.82, 2.24) is 0 Å². The number of carbonyl (C=O) groups is 1. The zero-order chi connectivity index (χ0) is 19.4. The van der Waals surface area contributed by atoms with Crippen LogP contribution >= 0.6 is 11.8 Å². The Labute approximate surface area is 166 Å². The number of benzene rings is 2. The Balaban J connectivity index is 1.61. The van der Waals surface area contributed by atoms with Crippen LogP contribution < -0.4 is 10.2 Å². The Bertz CT molecular complexity index is 775. The molecule has 2 aromatic rings. The second-order valence-corrected chi connectivity index (χ2v) is 8.47. The van der Waals surface area contributed by atoms with Crippen LogP contribution in [0.25, 0.3) is 0 Å². The number of carbonyl (C=O) groups excluding carboxylic acids is 1. The number of aryl methyl sites for hydroxylation is 3. The highest BCUT2D eigenvalue weighted by Gasteiger charge is 2.17. The van der Waals surface area contributed by atoms with Crippen molar-refractivity contribution in [2.75, 3.05) is 36.5 Å². The first-order valence-electron chi connectivity index (χ1n) is 9.42. The van der Waals surface area contributed by atoms with E-state index in [4.69, 9.17) is 4.74 Å². The van der Waals surface area contributed by atoms with Crippen LogP contribution in [0.1, 0.15) is 23.6 Å². The van der Waals surface area contributed by atoms with E-state index in [1.54, 1.807) is 11.8 Å². The van der Waals surface area contributed by atoms with Crippen LogP contribution in [-0.2, 0) is 9.53 Å². The van der Waals surface area contributed by atoms with Gasteiger partial charge in [-0.2, -0.15) is 0 Å². The van der Waals surface area contributed by atoms with Crippen LogP contribution in [0.3, 0.4) is 0 Å². The lowest BCUT2D eigenvalue weighted by molar-refractivity contribution is -0.115. The summed E-state index contributed by atoms with van der Waals surface area (Å²) >= 11 is 1.62. The van der Waals surface area contributed by atoms with Gasteiger partial charge in [0, 0.05) is 29.4 Å². The molecule has 0 aromatic heterocycles. The molecule has 1 aliphatic heterocycles. The van der Waals surface area contributed by atoms with Crippen molar-refractivity contribution in [2.45, 2.75) is 37.8 Å². The van der Waals surface area contributed by atoms with Crippen molar-refractivity contribution in [3.63, 3.8) is 0 Å². The number of amides is 1. The molecule has 5 heteroatoms. The third-order valence-electron chi connectivity index (χ3n) is 4.78. The van der Waals surface area contributed by atoms with Gasteiger partial charge in [0.2, 0.25) is 5.91 Å². The summed E-state index contributed by atoms with van der Waals surface area (Å²) in [5.74, 6) is 0.0264. The van der Waals surface area contributed by atoms with Crippen LogP contribution in [0.4, 0.5) is 11.4 Å². The average molecular weight is 385 g/mol. The van der Waals surface area contributed by atoms with Gasteiger partial charge in [-0.1, -0.05) is 17.7 Å². The topological polar surface area (TPSA) is 41.6 Å². The number of morpholine rings is 1. The summed E-state index contributed by atoms with van der Waals surface area (Å²) in [5, 5.41) is 2.88. The number of hydrogen-bond donors (Lipinski definition) is 1. The molecular formula is C22H28N2O2S. The number of anilines is 2. The highest BCUT2D eigenvalue weighted by Crippen LogP contribution is 2.31. The molecule has 27 heavy (non-hydrogen) atoms. The summed E-state index contributed by atoms with van der Waals surface area (Å²) in [6.07, 6.45) is 0. The van der Waals surface area contributed by atoms with E-state index >= 15 is 0 Å². The molecule has 1 atom stereocenters. The summed E-state index contributed by atoms with van der Waals surface area (Å²) in [5.41, 5.74) is 5.72. The normalized spacial score (nSPS) is 15.5. The molecule has 4 nitrogen and oxygen atoms in total. The van der Waals surface area contributed by atoms with Gasteiger partial charge in [0.1, 0.15) is 0 Å². The maximum atomic E-state index is 12.6. The summed E-state index contributed by atoms with van der Waals surface area (Å²) in [4.78, 5) is 16.1. The minimum atomic E-state index is -0.163. The van der Waals surface area contributed by atoms with Crippen molar-refractivity contribution in [3.05, 3.63) is 53.1 Å². The maximum Gasteiger partial charge on any atom is 0.237 e. The van der Waals surface area contributed by atoms with Crippen LogP contribution in [-0.4, -0.2) is 37.5 Å². The van der Waals surface area contributed by atoms with E-state index in [0.717, 1.165) is 32.0 Å². The Morgan fingerprint density at radius 2 is 1.67 bits per heavy atom. The summed E-state index contributed by atoms with van der Waals surface area (Å²) in [7, 11) is 0. The third kappa shape index (κ3) is 5.05. The van der Waals surface area contributed by atoms with Crippen LogP contribution in [0, 0.1) is 20.8 Å². The molecule has 1 fully saturated rings. The van der Waals surface area contributed by atoms with Gasteiger partial charge in [0.15, 0.2) is 0 Å². The monoisotopic (exact) mass is 384 g/mol. The molecule has 0 aliphatic carbocycles. The van der Waals surface area contributed by atoms with Crippen molar-refractivity contribution < 1.29 is 9.53 Å². The van der Waals surface area contributed by atoms with Crippen molar-refractivity contribution >= 4 is 29.0 Å². The molecule has 144 valence electrons. The Morgan fingerprint density at radius 1 is 1.07 bits per heavy atom. The molecule has 1 aliphatic rings. The highest BCUT2D eigenvalue weighted by atomic mass is 32.2. The summed E-state index contributed by atoms with van der Waals surface area (Å²) < 4.78 is 5.39. The molecule has 2 aromatic carbocycles. The lowest BCUT2D eigenvalue weighted by Crippen LogP contribution is -2.36. The second-order valence-electron chi connectivity index (χ2n) is 7.12. The largest absolute Gasteiger partial charge is 0.378 e. The number of rotatable bonds is 5. The maximum absolute atomic E-state index is 12.6. The van der Waals surface area contributed by atoms with Gasteiger partial charge in [-0.05, 0) is 63.1 Å². The first-order valence-corrected chi connectivity index (χ1v) is 10.3. The molecule has 0 radical (unpaired) electrons. The second kappa shape index (κ2) is 8.81. The van der Waals surface area contributed by atoms with Crippen molar-refractivity contribution in [3.8, 4) is 0 Å². The van der Waals surface area contributed by atoms with E-state index in [1.807, 2.05) is 19.1 Å². The smallest absolute Gasteiger partial charge is 0.237 e. The summed E-state index contributed by atoms with van der Waals surface area (Å²) in [6.45, 7) is 11.6. The number of hydrogen-bond acceptors (Lipinski definition) is 4. The van der Waals surface area contributed by atoms with Gasteiger partial charge in [-0.15, -0.1) is 11.8 Å². The Morgan fingerprint density at radius 3 is 2.26 bits per heavy atom. The quantitative estimate of drug-likeness (QED) is 0.767. The van der Waals surface area contributed by atoms with E-state index < -0.39 is 0 Å². The molecule has 1 saturated heterocycles. The zero-order valence-corrected chi connectivity index (χ0v) is 17.4. The molecule has 1 amide bonds. The van der Waals surface area contributed by atoms with Gasteiger partial charge in [-0.25, -0.2) is 0 Å². The lowest BCUT2D eigenvalue weighted by atomic mass is 10.1. The van der Waals surface area contributed by atoms with E-state index in [-0.39, 0.29) is 11.2 Å². The highest BCUT2D eigenvalue weighted by molar-refractivity contribution is 8.00. The van der Waals surface area contributed by atoms with Crippen LogP contribution in [0.15, 0.2) is 41.3 Å². The van der Waals surface area contributed by atoms with Crippen molar-refractivity contribution in [2.24, 2.45) is 0 Å². The van der Waals surface area contributed by atoms with Crippen molar-refractivity contribution in [1.29, 1.82) is 0 Å². The standard InChI is InChI=1S/C22H28N2O2S/c1-15-13-16(2)21(17(3)14-15)27-18(4)22(25)23-19-5-7-20(8-6-19)24-9-11-26-12-10-24/h5-8,13-14,18H,9-12H2,1-4H3,(H,23,25). The van der Waals surface area contributed by atoms with E-state index in [2.05, 4.69) is 55.3 Å². The predicted octanol–water partition coefficient (Wildman–Crippen LogP) is 4.57. The third-order valence-corrected chi connectivity index (χ3v) is 6.23. The number of thioether (sulfide) groups is 1. The fourth-order valence-electron chi connectivity index (χ4n) is 3.40. The van der Waals surface area contributed by atoms with Gasteiger partial charge in [0.25, 0.3) is 0 Å². The first-order chi connectivity index (χ1) is 12.9. The molecule has 0 saturated carbocycles. The molecule has 1 unspecified atom stereocenters. The fraction of sp³-hybridized carbons (Fsp3) is 0.409. The SMILES string of the molecule is Cc1cc(C)c(SC(C)C(=O)Nc2ccc(N3CCOCC3)cc2)c(C)c1. The molecule has 1 N–H and O–H groups in total. The fourth-order valence-corrected chi connectivity index (χ4v) is 4.41. The zero-order valence-electron chi connectivity index (χ0n) is 16.5. The first kappa shape index (κ1) is 19.8. The van der Waals surface area contributed by atoms with Crippen LogP contribution in [0.5, 0.6) is 0 Å². The Kier molecular flexibility index (Phi) is 6.45. The predicted molar refractivity (Wildman–Crippen MR) is 114 cm³/mol. The lowest BCUT2D eigenvalue weighted by Gasteiger charge is -2.29. The van der Waals surface area contributed by atoms with E-state index in [9.17, 15) is 4.79 Å². The van der Waals surface area contributed by atoms with Gasteiger partial charge < -0.3 is 15.0 Å².